The van der Waals surface area contributed by atoms with Gasteiger partial charge in [-0.25, -0.2) is 0 Å². The number of benzene rings is 2. The molecule has 0 spiro atoms. The maximum Gasteiger partial charge on any atom is 0.310 e. The van der Waals surface area contributed by atoms with Crippen molar-refractivity contribution in [1.29, 1.82) is 0 Å². The van der Waals surface area contributed by atoms with Crippen LogP contribution >= 0.6 is 11.8 Å². The van der Waals surface area contributed by atoms with Crippen LogP contribution in [-0.4, -0.2) is 15.8 Å². The van der Waals surface area contributed by atoms with Gasteiger partial charge in [-0.15, -0.1) is 11.8 Å². The molecule has 1 heterocycles. The van der Waals surface area contributed by atoms with Crippen LogP contribution in [0.5, 0.6) is 0 Å². The Morgan fingerprint density at radius 1 is 1.07 bits per heavy atom. The Bertz CT molecular complexity index is 943. The average molecular weight is 393 g/mol. The number of aliphatic carboxylic acids is 1. The third kappa shape index (κ3) is 4.45. The largest absolute Gasteiger partial charge is 0.481 e. The van der Waals surface area contributed by atoms with Gasteiger partial charge in [-0.2, -0.15) is 0 Å². The molecule has 1 aliphatic rings. The molecule has 28 heavy (non-hydrogen) atoms. The summed E-state index contributed by atoms with van der Waals surface area (Å²) >= 11 is 1.95. The SMILES string of the molecule is CCC(C(=O)O)c1ccc(C#Cc2ccc3c(c2)C(C)(C)CC(C)(C)S3)cc1. The number of hydrogen-bond donors (Lipinski definition) is 1. The van der Waals surface area contributed by atoms with Crippen molar-refractivity contribution in [2.75, 3.05) is 0 Å². The minimum absolute atomic E-state index is 0.134. The second kappa shape index (κ2) is 7.68. The van der Waals surface area contributed by atoms with E-state index >= 15 is 0 Å². The van der Waals surface area contributed by atoms with Crippen LogP contribution in [0.2, 0.25) is 0 Å². The zero-order valence-electron chi connectivity index (χ0n) is 17.3. The number of rotatable bonds is 3. The van der Waals surface area contributed by atoms with Crippen molar-refractivity contribution in [3.63, 3.8) is 0 Å². The van der Waals surface area contributed by atoms with E-state index in [1.807, 2.05) is 43.0 Å². The average Bonchev–Trinajstić information content (AvgIpc) is 2.60. The highest BCUT2D eigenvalue weighted by Crippen LogP contribution is 2.50. The summed E-state index contributed by atoms with van der Waals surface area (Å²) in [5.74, 6) is 5.27. The van der Waals surface area contributed by atoms with Crippen molar-refractivity contribution in [2.45, 2.75) is 68.4 Å². The van der Waals surface area contributed by atoms with Gasteiger partial charge in [-0.3, -0.25) is 4.79 Å². The first-order valence-electron chi connectivity index (χ1n) is 9.80. The lowest BCUT2D eigenvalue weighted by Gasteiger charge is -2.41. The van der Waals surface area contributed by atoms with Gasteiger partial charge in [-0.05, 0) is 59.7 Å². The Morgan fingerprint density at radius 3 is 2.29 bits per heavy atom. The molecule has 3 heteroatoms. The molecule has 0 aliphatic carbocycles. The van der Waals surface area contributed by atoms with Gasteiger partial charge in [0.15, 0.2) is 0 Å². The highest BCUT2D eigenvalue weighted by atomic mass is 32.2. The van der Waals surface area contributed by atoms with Crippen LogP contribution in [0.3, 0.4) is 0 Å². The molecular weight excluding hydrogens is 364 g/mol. The predicted molar refractivity (Wildman–Crippen MR) is 117 cm³/mol. The molecule has 0 amide bonds. The topological polar surface area (TPSA) is 37.3 Å². The zero-order valence-corrected chi connectivity index (χ0v) is 18.1. The van der Waals surface area contributed by atoms with Gasteiger partial charge >= 0.3 is 5.97 Å². The van der Waals surface area contributed by atoms with Gasteiger partial charge in [0.25, 0.3) is 0 Å². The van der Waals surface area contributed by atoms with E-state index in [0.717, 1.165) is 23.1 Å². The van der Waals surface area contributed by atoms with E-state index in [2.05, 4.69) is 57.7 Å². The molecule has 0 fully saturated rings. The van der Waals surface area contributed by atoms with E-state index in [1.165, 1.54) is 10.5 Å². The van der Waals surface area contributed by atoms with Crippen LogP contribution in [0.15, 0.2) is 47.4 Å². The summed E-state index contributed by atoms with van der Waals surface area (Å²) in [7, 11) is 0. The Hall–Kier alpha value is -2.18. The Kier molecular flexibility index (Phi) is 5.64. The quantitative estimate of drug-likeness (QED) is 0.630. The molecule has 1 aliphatic heterocycles. The Labute approximate surface area is 172 Å². The monoisotopic (exact) mass is 392 g/mol. The second-order valence-corrected chi connectivity index (χ2v) is 10.6. The summed E-state index contributed by atoms with van der Waals surface area (Å²) < 4.78 is 0.248. The second-order valence-electron chi connectivity index (χ2n) is 8.80. The van der Waals surface area contributed by atoms with Gasteiger partial charge in [-0.1, -0.05) is 58.6 Å². The minimum Gasteiger partial charge on any atom is -0.481 e. The van der Waals surface area contributed by atoms with Gasteiger partial charge in [0.05, 0.1) is 5.92 Å². The van der Waals surface area contributed by atoms with Crippen LogP contribution in [0.1, 0.15) is 75.6 Å². The summed E-state index contributed by atoms with van der Waals surface area (Å²) in [6.45, 7) is 11.1. The van der Waals surface area contributed by atoms with Gasteiger partial charge in [0, 0.05) is 20.8 Å². The van der Waals surface area contributed by atoms with Crippen molar-refractivity contribution in [2.24, 2.45) is 0 Å². The van der Waals surface area contributed by atoms with Crippen molar-refractivity contribution < 1.29 is 9.90 Å². The van der Waals surface area contributed by atoms with E-state index in [4.69, 9.17) is 0 Å². The molecule has 0 aromatic heterocycles. The Morgan fingerprint density at radius 2 is 1.68 bits per heavy atom. The molecule has 0 saturated heterocycles. The van der Waals surface area contributed by atoms with Crippen LogP contribution < -0.4 is 0 Å². The van der Waals surface area contributed by atoms with Crippen molar-refractivity contribution in [3.8, 4) is 11.8 Å². The summed E-state index contributed by atoms with van der Waals surface area (Å²) in [4.78, 5) is 12.7. The van der Waals surface area contributed by atoms with Crippen molar-refractivity contribution in [1.82, 2.24) is 0 Å². The van der Waals surface area contributed by atoms with E-state index in [-0.39, 0.29) is 10.2 Å². The highest BCUT2D eigenvalue weighted by molar-refractivity contribution is 8.00. The summed E-state index contributed by atoms with van der Waals surface area (Å²) in [6, 6.07) is 14.1. The fourth-order valence-corrected chi connectivity index (χ4v) is 5.82. The molecule has 2 nitrogen and oxygen atoms in total. The molecule has 0 saturated carbocycles. The molecule has 2 aromatic rings. The lowest BCUT2D eigenvalue weighted by atomic mass is 9.76. The maximum absolute atomic E-state index is 11.3. The molecule has 1 N–H and O–H groups in total. The molecule has 2 aromatic carbocycles. The third-order valence-corrected chi connectivity index (χ3v) is 6.61. The molecular formula is C25H28O2S. The molecule has 3 rings (SSSR count). The first-order valence-corrected chi connectivity index (χ1v) is 10.6. The molecule has 1 unspecified atom stereocenters. The minimum atomic E-state index is -0.779. The molecule has 1 atom stereocenters. The lowest BCUT2D eigenvalue weighted by molar-refractivity contribution is -0.138. The fourth-order valence-electron chi connectivity index (χ4n) is 4.21. The smallest absolute Gasteiger partial charge is 0.310 e. The highest BCUT2D eigenvalue weighted by Gasteiger charge is 2.37. The van der Waals surface area contributed by atoms with Crippen LogP contribution in [0.4, 0.5) is 0 Å². The number of hydrogen-bond acceptors (Lipinski definition) is 2. The first kappa shape index (κ1) is 20.6. The number of carboxylic acids is 1. The molecule has 0 bridgehead atoms. The lowest BCUT2D eigenvalue weighted by Crippen LogP contribution is -2.33. The summed E-state index contributed by atoms with van der Waals surface area (Å²) in [5, 5.41) is 9.29. The van der Waals surface area contributed by atoms with Crippen molar-refractivity contribution in [3.05, 3.63) is 64.7 Å². The number of carboxylic acid groups (broad SMARTS) is 1. The first-order chi connectivity index (χ1) is 13.1. The van der Waals surface area contributed by atoms with Crippen molar-refractivity contribution >= 4 is 17.7 Å². The van der Waals surface area contributed by atoms with Gasteiger partial charge in [0.2, 0.25) is 0 Å². The van der Waals surface area contributed by atoms with E-state index in [1.54, 1.807) is 0 Å². The predicted octanol–water partition coefficient (Wildman–Crippen LogP) is 6.22. The normalized spacial score (nSPS) is 17.8. The van der Waals surface area contributed by atoms with Gasteiger partial charge in [0.1, 0.15) is 0 Å². The maximum atomic E-state index is 11.3. The molecule has 146 valence electrons. The van der Waals surface area contributed by atoms with E-state index in [9.17, 15) is 9.90 Å². The summed E-state index contributed by atoms with van der Waals surface area (Å²) in [5.41, 5.74) is 4.27. The van der Waals surface area contributed by atoms with E-state index < -0.39 is 11.9 Å². The number of thioether (sulfide) groups is 1. The molecule has 0 radical (unpaired) electrons. The van der Waals surface area contributed by atoms with Gasteiger partial charge < -0.3 is 5.11 Å². The Balaban J connectivity index is 1.85. The van der Waals surface area contributed by atoms with Crippen LogP contribution in [0.25, 0.3) is 0 Å². The third-order valence-electron chi connectivity index (χ3n) is 5.33. The van der Waals surface area contributed by atoms with Crippen LogP contribution in [-0.2, 0) is 10.2 Å². The fraction of sp³-hybridized carbons (Fsp3) is 0.400. The number of carbonyl (C=O) groups is 1. The zero-order chi connectivity index (χ0) is 20.5. The standard InChI is InChI=1S/C25H28O2S/c1-6-20(23(26)27)19-12-9-17(10-13-19)7-8-18-11-14-22-21(15-18)24(2,3)16-25(4,5)28-22/h9-15,20H,6,16H2,1-5H3,(H,26,27). The van der Waals surface area contributed by atoms with Crippen LogP contribution in [0, 0.1) is 11.8 Å². The van der Waals surface area contributed by atoms with E-state index in [0.29, 0.717) is 6.42 Å². The number of fused-ring (bicyclic) bond motifs is 1. The summed E-state index contributed by atoms with van der Waals surface area (Å²) in [6.07, 6.45) is 1.72.